The molecule has 0 aliphatic rings. The lowest BCUT2D eigenvalue weighted by Crippen LogP contribution is -2.23. The van der Waals surface area contributed by atoms with Crippen LogP contribution in [-0.4, -0.2) is 12.3 Å². The largest absolute Gasteiger partial charge is 0.455 e. The van der Waals surface area contributed by atoms with Crippen LogP contribution in [0.4, 0.5) is 0 Å². The van der Waals surface area contributed by atoms with E-state index in [1.165, 1.54) is 55.2 Å². The van der Waals surface area contributed by atoms with E-state index in [-0.39, 0.29) is 11.9 Å². The van der Waals surface area contributed by atoms with Crippen molar-refractivity contribution in [1.29, 1.82) is 0 Å². The Morgan fingerprint density at radius 2 is 1.19 bits per heavy atom. The summed E-state index contributed by atoms with van der Waals surface area (Å²) in [6, 6.07) is 31.5. The molecular formula is C38H43ClO3. The molecule has 4 aromatic rings. The van der Waals surface area contributed by atoms with Crippen LogP contribution in [0, 0.1) is 5.92 Å². The van der Waals surface area contributed by atoms with E-state index in [4.69, 9.17) is 21.1 Å². The number of hydrogen-bond donors (Lipinski definition) is 0. The van der Waals surface area contributed by atoms with Gasteiger partial charge in [0, 0.05) is 17.5 Å². The van der Waals surface area contributed by atoms with E-state index in [1.54, 1.807) is 20.8 Å². The molecule has 0 saturated carbocycles. The van der Waals surface area contributed by atoms with Gasteiger partial charge in [-0.2, -0.15) is 0 Å². The highest BCUT2D eigenvalue weighted by atomic mass is 35.5. The molecule has 0 aliphatic carbocycles. The highest BCUT2D eigenvalue weighted by Gasteiger charge is 2.14. The van der Waals surface area contributed by atoms with Gasteiger partial charge >= 0.3 is 5.97 Å². The molecule has 0 spiro atoms. The zero-order valence-electron chi connectivity index (χ0n) is 25.4. The fourth-order valence-electron chi connectivity index (χ4n) is 4.99. The van der Waals surface area contributed by atoms with E-state index in [0.717, 1.165) is 28.7 Å². The highest BCUT2D eigenvalue weighted by molar-refractivity contribution is 6.33. The second-order valence-corrected chi connectivity index (χ2v) is 11.7. The van der Waals surface area contributed by atoms with Gasteiger partial charge in [0.2, 0.25) is 6.29 Å². The average molecular weight is 583 g/mol. The molecule has 0 radical (unpaired) electrons. The van der Waals surface area contributed by atoms with E-state index in [1.807, 2.05) is 30.3 Å². The third kappa shape index (κ3) is 8.97. The third-order valence-corrected chi connectivity index (χ3v) is 7.83. The monoisotopic (exact) mass is 582 g/mol. The summed E-state index contributed by atoms with van der Waals surface area (Å²) in [6.07, 6.45) is 8.49. The van der Waals surface area contributed by atoms with Crippen molar-refractivity contribution in [3.63, 3.8) is 0 Å². The van der Waals surface area contributed by atoms with Crippen molar-refractivity contribution in [3.05, 3.63) is 102 Å². The average Bonchev–Trinajstić information content (AvgIpc) is 2.99. The first-order valence-corrected chi connectivity index (χ1v) is 15.7. The summed E-state index contributed by atoms with van der Waals surface area (Å²) in [5.41, 5.74) is 8.00. The molecule has 4 rings (SSSR count). The van der Waals surface area contributed by atoms with Crippen molar-refractivity contribution in [1.82, 2.24) is 0 Å². The Morgan fingerprint density at radius 3 is 1.79 bits per heavy atom. The maximum atomic E-state index is 11.8. The van der Waals surface area contributed by atoms with E-state index < -0.39 is 6.29 Å². The minimum absolute atomic E-state index is 0.196. The molecule has 0 bridgehead atoms. The number of benzene rings is 4. The summed E-state index contributed by atoms with van der Waals surface area (Å²) < 4.78 is 11.0. The number of rotatable bonds is 14. The van der Waals surface area contributed by atoms with Gasteiger partial charge in [0.15, 0.2) is 0 Å². The topological polar surface area (TPSA) is 35.5 Å². The molecule has 3 nitrogen and oxygen atoms in total. The molecule has 0 amide bonds. The fraction of sp³-hybridized carbons (Fsp3) is 0.342. The van der Waals surface area contributed by atoms with Crippen molar-refractivity contribution in [2.24, 2.45) is 5.92 Å². The van der Waals surface area contributed by atoms with E-state index >= 15 is 0 Å². The summed E-state index contributed by atoms with van der Waals surface area (Å²) in [7, 11) is 0. The molecule has 0 aromatic heterocycles. The van der Waals surface area contributed by atoms with Gasteiger partial charge < -0.3 is 9.47 Å². The lowest BCUT2D eigenvalue weighted by molar-refractivity contribution is -0.165. The number of carbonyl (C=O) groups excluding carboxylic acids is 1. The van der Waals surface area contributed by atoms with Crippen LogP contribution in [-0.2, 0) is 16.0 Å². The van der Waals surface area contributed by atoms with Crippen molar-refractivity contribution in [2.75, 3.05) is 0 Å². The normalized spacial score (nSPS) is 11.9. The van der Waals surface area contributed by atoms with Gasteiger partial charge in [0.05, 0.1) is 5.92 Å². The lowest BCUT2D eigenvalue weighted by Gasteiger charge is -2.17. The second kappa shape index (κ2) is 15.6. The molecule has 0 saturated heterocycles. The number of esters is 1. The predicted octanol–water partition coefficient (Wildman–Crippen LogP) is 11.2. The molecular weight excluding hydrogens is 540 g/mol. The molecule has 220 valence electrons. The molecule has 0 aliphatic heterocycles. The van der Waals surface area contributed by atoms with Crippen molar-refractivity contribution < 1.29 is 14.3 Å². The lowest BCUT2D eigenvalue weighted by atomic mass is 9.97. The highest BCUT2D eigenvalue weighted by Crippen LogP contribution is 2.34. The summed E-state index contributed by atoms with van der Waals surface area (Å²) >= 11 is 6.75. The number of hydrogen-bond acceptors (Lipinski definition) is 3. The summed E-state index contributed by atoms with van der Waals surface area (Å²) in [5.74, 6) is 0.148. The first-order valence-electron chi connectivity index (χ1n) is 15.3. The van der Waals surface area contributed by atoms with Crippen LogP contribution < -0.4 is 4.74 Å². The SMILES string of the molecule is CCCCCCCCc1ccc(-c2ccc(-c3ccc(-c4ccc(OC(C)OC(=O)C(C)C)cc4)c(Cl)c3)cc2)cc1. The van der Waals surface area contributed by atoms with Gasteiger partial charge in [-0.3, -0.25) is 4.79 Å². The van der Waals surface area contributed by atoms with Gasteiger partial charge in [0.1, 0.15) is 5.75 Å². The van der Waals surface area contributed by atoms with Gasteiger partial charge in [0.25, 0.3) is 0 Å². The Kier molecular flexibility index (Phi) is 11.7. The maximum Gasteiger partial charge on any atom is 0.311 e. The van der Waals surface area contributed by atoms with Crippen LogP contribution in [0.3, 0.4) is 0 Å². The third-order valence-electron chi connectivity index (χ3n) is 7.51. The number of halogens is 1. The fourth-order valence-corrected chi connectivity index (χ4v) is 5.28. The van der Waals surface area contributed by atoms with E-state index in [0.29, 0.717) is 10.8 Å². The first kappa shape index (κ1) is 31.4. The molecule has 0 fully saturated rings. The van der Waals surface area contributed by atoms with E-state index in [2.05, 4.69) is 67.6 Å². The molecule has 1 atom stereocenters. The van der Waals surface area contributed by atoms with Gasteiger partial charge in [-0.15, -0.1) is 0 Å². The van der Waals surface area contributed by atoms with Crippen molar-refractivity contribution in [3.8, 4) is 39.1 Å². The Balaban J connectivity index is 1.35. The molecule has 0 heterocycles. The number of unbranched alkanes of at least 4 members (excludes halogenated alkanes) is 5. The van der Waals surface area contributed by atoms with Gasteiger partial charge in [-0.25, -0.2) is 0 Å². The zero-order valence-corrected chi connectivity index (χ0v) is 26.1. The minimum atomic E-state index is -0.658. The summed E-state index contributed by atoms with van der Waals surface area (Å²) in [4.78, 5) is 11.8. The molecule has 4 aromatic carbocycles. The standard InChI is InChI=1S/C38H43ClO3/c1-5-6-7-8-9-10-11-29-12-14-30(15-13-29)31-16-18-32(19-17-31)34-22-25-36(37(39)26-34)33-20-23-35(24-21-33)41-28(4)42-38(40)27(2)3/h12-28H,5-11H2,1-4H3. The molecule has 42 heavy (non-hydrogen) atoms. The Labute approximate surface area is 256 Å². The van der Waals surface area contributed by atoms with Crippen LogP contribution in [0.15, 0.2) is 91.0 Å². The van der Waals surface area contributed by atoms with Gasteiger partial charge in [-0.05, 0) is 64.4 Å². The molecule has 1 unspecified atom stereocenters. The predicted molar refractivity (Wildman–Crippen MR) is 176 cm³/mol. The Morgan fingerprint density at radius 1 is 0.667 bits per heavy atom. The maximum absolute atomic E-state index is 11.8. The van der Waals surface area contributed by atoms with Crippen molar-refractivity contribution >= 4 is 17.6 Å². The smallest absolute Gasteiger partial charge is 0.311 e. The first-order chi connectivity index (χ1) is 20.3. The molecule has 4 heteroatoms. The van der Waals surface area contributed by atoms with Gasteiger partial charge in [-0.1, -0.05) is 137 Å². The zero-order chi connectivity index (χ0) is 29.9. The quantitative estimate of drug-likeness (QED) is 0.0842. The van der Waals surface area contributed by atoms with E-state index in [9.17, 15) is 4.79 Å². The van der Waals surface area contributed by atoms with Crippen LogP contribution in [0.2, 0.25) is 5.02 Å². The number of ether oxygens (including phenoxy) is 2. The second-order valence-electron chi connectivity index (χ2n) is 11.3. The summed E-state index contributed by atoms with van der Waals surface area (Å²) in [5, 5.41) is 0.686. The Hall–Kier alpha value is -3.56. The molecule has 0 N–H and O–H groups in total. The number of aryl methyl sites for hydroxylation is 1. The number of carbonyl (C=O) groups is 1. The minimum Gasteiger partial charge on any atom is -0.455 e. The van der Waals surface area contributed by atoms with Crippen LogP contribution >= 0.6 is 11.6 Å². The van der Waals surface area contributed by atoms with Crippen LogP contribution in [0.5, 0.6) is 5.75 Å². The van der Waals surface area contributed by atoms with Crippen molar-refractivity contribution in [2.45, 2.75) is 78.9 Å². The summed E-state index contributed by atoms with van der Waals surface area (Å²) in [6.45, 7) is 7.57. The Bertz CT molecular complexity index is 1410. The van der Waals surface area contributed by atoms with Crippen LogP contribution in [0.1, 0.15) is 71.8 Å². The van der Waals surface area contributed by atoms with Crippen LogP contribution in [0.25, 0.3) is 33.4 Å².